The van der Waals surface area contributed by atoms with E-state index in [4.69, 9.17) is 11.6 Å². The molecule has 1 aliphatic rings. The quantitative estimate of drug-likeness (QED) is 0.552. The average molecular weight is 409 g/mol. The van der Waals surface area contributed by atoms with Gasteiger partial charge in [0.05, 0.1) is 5.56 Å². The number of benzene rings is 1. The van der Waals surface area contributed by atoms with E-state index in [1.807, 2.05) is 6.07 Å². The summed E-state index contributed by atoms with van der Waals surface area (Å²) in [6.45, 7) is 5.56. The summed E-state index contributed by atoms with van der Waals surface area (Å²) in [6, 6.07) is 8.09. The first-order chi connectivity index (χ1) is 13.2. The fourth-order valence-corrected chi connectivity index (χ4v) is 3.79. The minimum absolute atomic E-state index is 0.0144. The highest BCUT2D eigenvalue weighted by Crippen LogP contribution is 2.40. The topological polar surface area (TPSA) is 33.4 Å². The fraction of sp³-hybridized carbons (Fsp3) is 0.400. The molecule has 8 heteroatoms. The van der Waals surface area contributed by atoms with E-state index in [9.17, 15) is 13.2 Å². The van der Waals surface area contributed by atoms with Gasteiger partial charge in [0.15, 0.2) is 11.3 Å². The Morgan fingerprint density at radius 2 is 1.75 bits per heavy atom. The molecule has 0 saturated carbocycles. The van der Waals surface area contributed by atoms with Crippen LogP contribution in [0.15, 0.2) is 30.3 Å². The van der Waals surface area contributed by atoms with Crippen molar-refractivity contribution < 1.29 is 13.2 Å². The number of piperidine rings is 1. The van der Waals surface area contributed by atoms with Crippen LogP contribution in [0.2, 0.25) is 5.02 Å². The van der Waals surface area contributed by atoms with Crippen molar-refractivity contribution in [3.05, 3.63) is 46.7 Å². The van der Waals surface area contributed by atoms with Crippen LogP contribution >= 0.6 is 11.6 Å². The first kappa shape index (κ1) is 19.1. The Labute approximate surface area is 165 Å². The molecule has 0 bridgehead atoms. The van der Waals surface area contributed by atoms with Gasteiger partial charge in [-0.25, -0.2) is 4.98 Å². The number of alkyl halides is 3. The van der Waals surface area contributed by atoms with Crippen molar-refractivity contribution in [2.75, 3.05) is 18.0 Å². The Kier molecular flexibility index (Phi) is 4.73. The molecule has 3 heterocycles. The van der Waals surface area contributed by atoms with Crippen LogP contribution in [0.5, 0.6) is 0 Å². The van der Waals surface area contributed by atoms with Gasteiger partial charge in [0, 0.05) is 29.9 Å². The van der Waals surface area contributed by atoms with Crippen LogP contribution in [0.3, 0.4) is 0 Å². The van der Waals surface area contributed by atoms with Gasteiger partial charge in [0.25, 0.3) is 0 Å². The lowest BCUT2D eigenvalue weighted by Crippen LogP contribution is -2.34. The molecule has 0 aliphatic carbocycles. The van der Waals surface area contributed by atoms with Gasteiger partial charge in [-0.05, 0) is 43.4 Å². The first-order valence-corrected chi connectivity index (χ1v) is 9.60. The van der Waals surface area contributed by atoms with Crippen LogP contribution in [0.4, 0.5) is 19.0 Å². The van der Waals surface area contributed by atoms with E-state index < -0.39 is 11.9 Å². The van der Waals surface area contributed by atoms with Gasteiger partial charge in [-0.15, -0.1) is 0 Å². The van der Waals surface area contributed by atoms with Crippen LogP contribution in [-0.2, 0) is 6.18 Å². The zero-order valence-corrected chi connectivity index (χ0v) is 16.3. The molecule has 2 aromatic heterocycles. The SMILES string of the molecule is Cc1cc(N2CCC(C)CC2)n2nc(C(F)(F)F)c(-c3ccc(Cl)cc3)c2n1. The standard InChI is InChI=1S/C20H20ClF3N4/c1-12-7-9-27(10-8-12)16-11-13(2)25-19-17(14-3-5-15(21)6-4-14)18(20(22,23)24)26-28(16)19/h3-6,11-12H,7-10H2,1-2H3. The lowest BCUT2D eigenvalue weighted by atomic mass is 9.99. The number of halogens is 4. The molecule has 1 aliphatic heterocycles. The van der Waals surface area contributed by atoms with Gasteiger partial charge in [0.1, 0.15) is 5.82 Å². The van der Waals surface area contributed by atoms with Crippen molar-refractivity contribution in [2.45, 2.75) is 32.9 Å². The van der Waals surface area contributed by atoms with Crippen molar-refractivity contribution in [1.82, 2.24) is 14.6 Å². The molecule has 0 atom stereocenters. The summed E-state index contributed by atoms with van der Waals surface area (Å²) < 4.78 is 42.8. The molecule has 3 aromatic rings. The van der Waals surface area contributed by atoms with E-state index >= 15 is 0 Å². The Morgan fingerprint density at radius 3 is 2.36 bits per heavy atom. The third-order valence-corrected chi connectivity index (χ3v) is 5.46. The van der Waals surface area contributed by atoms with Crippen molar-refractivity contribution in [2.24, 2.45) is 5.92 Å². The first-order valence-electron chi connectivity index (χ1n) is 9.22. The third kappa shape index (κ3) is 3.43. The molecule has 0 spiro atoms. The lowest BCUT2D eigenvalue weighted by molar-refractivity contribution is -0.140. The highest BCUT2D eigenvalue weighted by Gasteiger charge is 2.39. The van der Waals surface area contributed by atoms with Gasteiger partial charge in [-0.3, -0.25) is 0 Å². The number of fused-ring (bicyclic) bond motifs is 1. The Hall–Kier alpha value is -2.28. The number of nitrogens with zero attached hydrogens (tertiary/aromatic N) is 4. The van der Waals surface area contributed by atoms with Gasteiger partial charge >= 0.3 is 6.18 Å². The minimum atomic E-state index is -4.59. The molecule has 0 unspecified atom stereocenters. The molecule has 1 fully saturated rings. The Bertz CT molecular complexity index is 1000. The minimum Gasteiger partial charge on any atom is -0.356 e. The number of aryl methyl sites for hydroxylation is 1. The molecule has 0 N–H and O–H groups in total. The van der Waals surface area contributed by atoms with Crippen LogP contribution in [0.25, 0.3) is 16.8 Å². The van der Waals surface area contributed by atoms with E-state index in [-0.39, 0.29) is 11.2 Å². The number of hydrogen-bond acceptors (Lipinski definition) is 3. The van der Waals surface area contributed by atoms with Gasteiger partial charge in [-0.1, -0.05) is 30.7 Å². The van der Waals surface area contributed by atoms with E-state index in [2.05, 4.69) is 21.9 Å². The zero-order chi connectivity index (χ0) is 20.1. The molecular weight excluding hydrogens is 389 g/mol. The maximum atomic E-state index is 13.8. The van der Waals surface area contributed by atoms with E-state index in [0.29, 0.717) is 28.0 Å². The predicted molar refractivity (Wildman–Crippen MR) is 104 cm³/mol. The van der Waals surface area contributed by atoms with E-state index in [1.165, 1.54) is 4.52 Å². The summed E-state index contributed by atoms with van der Waals surface area (Å²) in [6.07, 6.45) is -2.59. The van der Waals surface area contributed by atoms with Crippen LogP contribution in [-0.4, -0.2) is 27.7 Å². The van der Waals surface area contributed by atoms with Crippen molar-refractivity contribution in [1.29, 1.82) is 0 Å². The summed E-state index contributed by atoms with van der Waals surface area (Å²) in [7, 11) is 0. The number of rotatable bonds is 2. The molecule has 1 saturated heterocycles. The highest BCUT2D eigenvalue weighted by atomic mass is 35.5. The van der Waals surface area contributed by atoms with Gasteiger partial charge < -0.3 is 4.90 Å². The largest absolute Gasteiger partial charge is 0.435 e. The van der Waals surface area contributed by atoms with Crippen LogP contribution in [0, 0.1) is 12.8 Å². The second-order valence-electron chi connectivity index (χ2n) is 7.39. The van der Waals surface area contributed by atoms with Crippen molar-refractivity contribution in [3.8, 4) is 11.1 Å². The molecule has 4 rings (SSSR count). The summed E-state index contributed by atoms with van der Waals surface area (Å²) >= 11 is 5.92. The molecule has 0 amide bonds. The maximum absolute atomic E-state index is 13.8. The Morgan fingerprint density at radius 1 is 1.11 bits per heavy atom. The van der Waals surface area contributed by atoms with E-state index in [1.54, 1.807) is 31.2 Å². The second kappa shape index (κ2) is 6.95. The molecule has 0 radical (unpaired) electrons. The molecule has 28 heavy (non-hydrogen) atoms. The summed E-state index contributed by atoms with van der Waals surface area (Å²) in [5.74, 6) is 1.27. The second-order valence-corrected chi connectivity index (χ2v) is 7.83. The predicted octanol–water partition coefficient (Wildman–Crippen LogP) is 5.61. The van der Waals surface area contributed by atoms with Crippen LogP contribution < -0.4 is 4.90 Å². The molecule has 1 aromatic carbocycles. The monoisotopic (exact) mass is 408 g/mol. The number of aromatic nitrogens is 3. The number of anilines is 1. The van der Waals surface area contributed by atoms with Crippen LogP contribution in [0.1, 0.15) is 31.2 Å². The summed E-state index contributed by atoms with van der Waals surface area (Å²) in [5, 5.41) is 4.43. The van der Waals surface area contributed by atoms with Gasteiger partial charge in [0.2, 0.25) is 0 Å². The molecule has 148 valence electrons. The van der Waals surface area contributed by atoms with Gasteiger partial charge in [-0.2, -0.15) is 22.8 Å². The van der Waals surface area contributed by atoms with Crippen molar-refractivity contribution in [3.63, 3.8) is 0 Å². The summed E-state index contributed by atoms with van der Waals surface area (Å²) in [5.41, 5.74) is 0.315. The lowest BCUT2D eigenvalue weighted by Gasteiger charge is -2.32. The highest BCUT2D eigenvalue weighted by molar-refractivity contribution is 6.30. The normalized spacial score (nSPS) is 16.1. The summed E-state index contributed by atoms with van der Waals surface area (Å²) in [4.78, 5) is 6.52. The van der Waals surface area contributed by atoms with E-state index in [0.717, 1.165) is 25.9 Å². The zero-order valence-electron chi connectivity index (χ0n) is 15.6. The van der Waals surface area contributed by atoms with Crippen molar-refractivity contribution >= 4 is 23.1 Å². The molecule has 4 nitrogen and oxygen atoms in total. The third-order valence-electron chi connectivity index (χ3n) is 5.21. The average Bonchev–Trinajstić information content (AvgIpc) is 3.02. The maximum Gasteiger partial charge on any atom is 0.435 e. The fourth-order valence-electron chi connectivity index (χ4n) is 3.66. The molecular formula is C20H20ClF3N4. The number of hydrogen-bond donors (Lipinski definition) is 0. The smallest absolute Gasteiger partial charge is 0.356 e. The Balaban J connectivity index is 1.96.